The number of halogens is 1. The summed E-state index contributed by atoms with van der Waals surface area (Å²) >= 11 is 5.89. The average Bonchev–Trinajstić information content (AvgIpc) is 2.80. The zero-order chi connectivity index (χ0) is 24.9. The van der Waals surface area contributed by atoms with Crippen LogP contribution in [0.15, 0.2) is 76.7 Å². The molecule has 3 aromatic rings. The summed E-state index contributed by atoms with van der Waals surface area (Å²) in [6.07, 6.45) is 1.24. The third-order valence-corrected chi connectivity index (χ3v) is 6.99. The second kappa shape index (κ2) is 10.4. The van der Waals surface area contributed by atoms with Gasteiger partial charge in [0.25, 0.3) is 21.6 Å². The maximum atomic E-state index is 13.4. The maximum Gasteiger partial charge on any atom is 0.270 e. The second-order valence-electron chi connectivity index (χ2n) is 7.38. The number of benzene rings is 3. The van der Waals surface area contributed by atoms with Crippen LogP contribution >= 0.6 is 11.6 Å². The Kier molecular flexibility index (Phi) is 7.64. The second-order valence-corrected chi connectivity index (χ2v) is 9.68. The minimum atomic E-state index is -4.10. The molecule has 0 heterocycles. The molecule has 1 N–H and O–H groups in total. The third-order valence-electron chi connectivity index (χ3n) is 4.95. The number of carbonyl (C=O) groups excluding carboxylic acids is 1. The molecule has 0 spiro atoms. The van der Waals surface area contributed by atoms with E-state index in [4.69, 9.17) is 11.6 Å². The van der Waals surface area contributed by atoms with E-state index in [1.54, 1.807) is 24.3 Å². The van der Waals surface area contributed by atoms with Crippen molar-refractivity contribution in [2.75, 3.05) is 10.8 Å². The number of non-ortho nitro benzene ring substituents is 1. The van der Waals surface area contributed by atoms with Crippen LogP contribution in [-0.4, -0.2) is 32.0 Å². The quantitative estimate of drug-likeness (QED) is 0.282. The van der Waals surface area contributed by atoms with Crippen molar-refractivity contribution in [2.45, 2.75) is 18.7 Å². The van der Waals surface area contributed by atoms with Gasteiger partial charge in [0.05, 0.1) is 21.7 Å². The molecule has 11 heteroatoms. The maximum absolute atomic E-state index is 13.4. The molecular formula is C23H21ClN4O5S. The Hall–Kier alpha value is -3.76. The molecule has 0 atom stereocenters. The van der Waals surface area contributed by atoms with E-state index in [1.807, 2.05) is 13.8 Å². The molecule has 9 nitrogen and oxygen atoms in total. The fourth-order valence-corrected chi connectivity index (χ4v) is 4.53. The van der Waals surface area contributed by atoms with Gasteiger partial charge < -0.3 is 0 Å². The van der Waals surface area contributed by atoms with Crippen LogP contribution in [0.1, 0.15) is 16.7 Å². The van der Waals surface area contributed by atoms with Crippen LogP contribution in [-0.2, 0) is 14.8 Å². The number of sulfonamides is 1. The van der Waals surface area contributed by atoms with Gasteiger partial charge in [0.1, 0.15) is 6.54 Å². The Bertz CT molecular complexity index is 1360. The summed E-state index contributed by atoms with van der Waals surface area (Å²) in [5.74, 6) is -0.697. The van der Waals surface area contributed by atoms with Crippen LogP contribution < -0.4 is 9.73 Å². The number of nitro benzene ring substituents is 1. The van der Waals surface area contributed by atoms with Crippen molar-refractivity contribution >= 4 is 45.1 Å². The number of nitro groups is 1. The molecule has 3 aromatic carbocycles. The van der Waals surface area contributed by atoms with Gasteiger partial charge >= 0.3 is 0 Å². The van der Waals surface area contributed by atoms with Crippen LogP contribution in [0, 0.1) is 24.0 Å². The lowest BCUT2D eigenvalue weighted by Gasteiger charge is -2.24. The van der Waals surface area contributed by atoms with E-state index in [9.17, 15) is 23.3 Å². The third kappa shape index (κ3) is 5.97. The van der Waals surface area contributed by atoms with E-state index in [2.05, 4.69) is 10.5 Å². The summed E-state index contributed by atoms with van der Waals surface area (Å²) in [6, 6.07) is 16.4. The number of rotatable bonds is 8. The number of aryl methyl sites for hydroxylation is 2. The summed E-state index contributed by atoms with van der Waals surface area (Å²) < 4.78 is 27.7. The topological polar surface area (TPSA) is 122 Å². The van der Waals surface area contributed by atoms with Gasteiger partial charge in [-0.2, -0.15) is 5.10 Å². The lowest BCUT2D eigenvalue weighted by molar-refractivity contribution is -0.384. The predicted octanol–water partition coefficient (Wildman–Crippen LogP) is 4.21. The summed E-state index contributed by atoms with van der Waals surface area (Å²) in [6.45, 7) is 3.20. The Balaban J connectivity index is 1.85. The lowest BCUT2D eigenvalue weighted by atomic mass is 10.1. The van der Waals surface area contributed by atoms with Gasteiger partial charge in [-0.3, -0.25) is 19.2 Å². The van der Waals surface area contributed by atoms with E-state index in [-0.39, 0.29) is 10.6 Å². The highest BCUT2D eigenvalue weighted by molar-refractivity contribution is 7.92. The number of hydrogen-bond donors (Lipinski definition) is 1. The molecular weight excluding hydrogens is 480 g/mol. The SMILES string of the molecule is Cc1ccc(N(CC(=O)N/N=C\c2cccc([N+](=O)[O-])c2)S(=O)(=O)c2ccc(Cl)cc2)cc1C. The van der Waals surface area contributed by atoms with Crippen LogP contribution in [0.3, 0.4) is 0 Å². The van der Waals surface area contributed by atoms with Gasteiger partial charge in [0, 0.05) is 22.7 Å². The van der Waals surface area contributed by atoms with Crippen molar-refractivity contribution in [1.82, 2.24) is 5.43 Å². The highest BCUT2D eigenvalue weighted by atomic mass is 35.5. The Morgan fingerprint density at radius 1 is 1.09 bits per heavy atom. The first kappa shape index (κ1) is 24.9. The lowest BCUT2D eigenvalue weighted by Crippen LogP contribution is -2.39. The predicted molar refractivity (Wildman–Crippen MR) is 131 cm³/mol. The fourth-order valence-electron chi connectivity index (χ4n) is 2.99. The first-order valence-electron chi connectivity index (χ1n) is 10.00. The molecule has 176 valence electrons. The van der Waals surface area contributed by atoms with Crippen LogP contribution in [0.25, 0.3) is 0 Å². The molecule has 0 aliphatic carbocycles. The highest BCUT2D eigenvalue weighted by Crippen LogP contribution is 2.26. The van der Waals surface area contributed by atoms with E-state index in [0.717, 1.165) is 15.4 Å². The first-order chi connectivity index (χ1) is 16.1. The largest absolute Gasteiger partial charge is 0.271 e. The normalized spacial score (nSPS) is 11.4. The van der Waals surface area contributed by atoms with Crippen molar-refractivity contribution in [1.29, 1.82) is 0 Å². The van der Waals surface area contributed by atoms with Crippen molar-refractivity contribution in [2.24, 2.45) is 5.10 Å². The summed E-state index contributed by atoms with van der Waals surface area (Å²) in [4.78, 5) is 22.9. The van der Waals surface area contributed by atoms with E-state index in [0.29, 0.717) is 16.3 Å². The molecule has 3 rings (SSSR count). The Morgan fingerprint density at radius 3 is 2.44 bits per heavy atom. The van der Waals surface area contributed by atoms with Crippen molar-refractivity contribution < 1.29 is 18.1 Å². The monoisotopic (exact) mass is 500 g/mol. The molecule has 0 radical (unpaired) electrons. The molecule has 0 saturated heterocycles. The van der Waals surface area contributed by atoms with Gasteiger partial charge in [0.15, 0.2) is 0 Å². The van der Waals surface area contributed by atoms with Gasteiger partial charge in [-0.1, -0.05) is 29.8 Å². The van der Waals surface area contributed by atoms with Gasteiger partial charge in [-0.15, -0.1) is 0 Å². The number of nitrogens with zero attached hydrogens (tertiary/aromatic N) is 3. The molecule has 1 amide bonds. The summed E-state index contributed by atoms with van der Waals surface area (Å²) in [7, 11) is -4.10. The highest BCUT2D eigenvalue weighted by Gasteiger charge is 2.27. The minimum absolute atomic E-state index is 0.0250. The fraction of sp³-hybridized carbons (Fsp3) is 0.130. The van der Waals surface area contributed by atoms with Crippen LogP contribution in [0.4, 0.5) is 11.4 Å². The van der Waals surface area contributed by atoms with Crippen LogP contribution in [0.2, 0.25) is 5.02 Å². The van der Waals surface area contributed by atoms with E-state index >= 15 is 0 Å². The molecule has 0 aliphatic rings. The zero-order valence-electron chi connectivity index (χ0n) is 18.3. The Labute approximate surface area is 201 Å². The average molecular weight is 501 g/mol. The smallest absolute Gasteiger partial charge is 0.270 e. The number of carbonyl (C=O) groups is 1. The molecule has 0 bridgehead atoms. The number of nitrogens with one attached hydrogen (secondary N) is 1. The van der Waals surface area contributed by atoms with Gasteiger partial charge in [-0.25, -0.2) is 13.8 Å². The molecule has 0 aliphatic heterocycles. The summed E-state index contributed by atoms with van der Waals surface area (Å²) in [5.41, 5.74) is 4.70. The van der Waals surface area contributed by atoms with E-state index < -0.39 is 27.4 Å². The Morgan fingerprint density at radius 2 is 1.79 bits per heavy atom. The number of amides is 1. The molecule has 0 aromatic heterocycles. The minimum Gasteiger partial charge on any atom is -0.271 e. The van der Waals surface area contributed by atoms with Crippen LogP contribution in [0.5, 0.6) is 0 Å². The summed E-state index contributed by atoms with van der Waals surface area (Å²) in [5, 5.41) is 15.1. The molecule has 0 saturated carbocycles. The number of anilines is 1. The van der Waals surface area contributed by atoms with Crippen molar-refractivity contribution in [3.63, 3.8) is 0 Å². The molecule has 34 heavy (non-hydrogen) atoms. The molecule has 0 fully saturated rings. The first-order valence-corrected chi connectivity index (χ1v) is 11.8. The van der Waals surface area contributed by atoms with Gasteiger partial charge in [-0.05, 0) is 61.4 Å². The number of hydrazone groups is 1. The van der Waals surface area contributed by atoms with Crippen molar-refractivity contribution in [3.8, 4) is 0 Å². The zero-order valence-corrected chi connectivity index (χ0v) is 19.9. The standard InChI is InChI=1S/C23H21ClN4O5S/c1-16-6-9-20(12-17(16)2)27(34(32,33)22-10-7-19(24)8-11-22)15-23(29)26-25-14-18-4-3-5-21(13-18)28(30)31/h3-14H,15H2,1-2H3,(H,26,29)/b25-14-. The van der Waals surface area contributed by atoms with E-state index in [1.165, 1.54) is 48.7 Å². The van der Waals surface area contributed by atoms with Crippen molar-refractivity contribution in [3.05, 3.63) is 98.6 Å². The number of hydrogen-bond acceptors (Lipinski definition) is 6. The van der Waals surface area contributed by atoms with Gasteiger partial charge in [0.2, 0.25) is 0 Å². The molecule has 0 unspecified atom stereocenters.